The molecule has 0 aliphatic rings. The van der Waals surface area contributed by atoms with Crippen LogP contribution in [0.15, 0.2) is 36.4 Å². The van der Waals surface area contributed by atoms with Crippen LogP contribution in [0, 0.1) is 13.8 Å². The molecule has 0 bridgehead atoms. The van der Waals surface area contributed by atoms with Gasteiger partial charge in [-0.2, -0.15) is 0 Å². The molecule has 1 amide bonds. The lowest BCUT2D eigenvalue weighted by Crippen LogP contribution is -2.20. The van der Waals surface area contributed by atoms with Gasteiger partial charge in [0.25, 0.3) is 5.91 Å². The van der Waals surface area contributed by atoms with Gasteiger partial charge in [-0.25, -0.2) is 4.79 Å². The van der Waals surface area contributed by atoms with Crippen LogP contribution in [0.1, 0.15) is 28.4 Å². The van der Waals surface area contributed by atoms with E-state index in [4.69, 9.17) is 21.1 Å². The van der Waals surface area contributed by atoms with Crippen LogP contribution < -0.4 is 10.1 Å². The highest BCUT2D eigenvalue weighted by Crippen LogP contribution is 2.22. The molecule has 0 radical (unpaired) electrons. The van der Waals surface area contributed by atoms with Crippen molar-refractivity contribution in [2.45, 2.75) is 20.8 Å². The zero-order valence-electron chi connectivity index (χ0n) is 14.4. The second kappa shape index (κ2) is 8.53. The number of hydrogen-bond donors (Lipinski definition) is 1. The van der Waals surface area contributed by atoms with Crippen LogP contribution in [-0.2, 0) is 9.53 Å². The monoisotopic (exact) mass is 361 g/mol. The smallest absolute Gasteiger partial charge is 0.339 e. The van der Waals surface area contributed by atoms with Gasteiger partial charge in [0, 0.05) is 5.69 Å². The van der Waals surface area contributed by atoms with Crippen molar-refractivity contribution < 1.29 is 19.1 Å². The Bertz CT molecular complexity index is 789. The fraction of sp³-hybridized carbons (Fsp3) is 0.263. The van der Waals surface area contributed by atoms with Gasteiger partial charge >= 0.3 is 5.97 Å². The van der Waals surface area contributed by atoms with Crippen LogP contribution in [0.5, 0.6) is 5.75 Å². The number of nitrogens with one attached hydrogen (secondary N) is 1. The summed E-state index contributed by atoms with van der Waals surface area (Å²) < 4.78 is 10.4. The summed E-state index contributed by atoms with van der Waals surface area (Å²) in [5.74, 6) is -0.153. The van der Waals surface area contributed by atoms with E-state index in [1.807, 2.05) is 32.0 Å². The molecule has 25 heavy (non-hydrogen) atoms. The molecule has 0 saturated heterocycles. The minimum absolute atomic E-state index is 0.124. The second-order valence-corrected chi connectivity index (χ2v) is 5.93. The van der Waals surface area contributed by atoms with E-state index >= 15 is 0 Å². The van der Waals surface area contributed by atoms with E-state index in [-0.39, 0.29) is 29.7 Å². The quantitative estimate of drug-likeness (QED) is 0.785. The lowest BCUT2D eigenvalue weighted by molar-refractivity contribution is -0.118. The summed E-state index contributed by atoms with van der Waals surface area (Å²) >= 11 is 6.07. The van der Waals surface area contributed by atoms with E-state index in [1.54, 1.807) is 13.0 Å². The molecule has 0 aliphatic carbocycles. The van der Waals surface area contributed by atoms with Crippen molar-refractivity contribution in [1.82, 2.24) is 0 Å². The van der Waals surface area contributed by atoms with Crippen molar-refractivity contribution in [1.29, 1.82) is 0 Å². The standard InChI is InChI=1S/C19H20ClNO4/c1-4-24-19(23)15-7-6-14(10-16(15)20)21-18(22)11-25-17-8-5-12(2)9-13(17)3/h5-10H,4,11H2,1-3H3,(H,21,22). The van der Waals surface area contributed by atoms with Gasteiger partial charge in [-0.05, 0) is 50.6 Å². The highest BCUT2D eigenvalue weighted by Gasteiger charge is 2.13. The van der Waals surface area contributed by atoms with Crippen molar-refractivity contribution in [3.63, 3.8) is 0 Å². The Labute approximate surface area is 151 Å². The van der Waals surface area contributed by atoms with Crippen molar-refractivity contribution in [3.05, 3.63) is 58.1 Å². The van der Waals surface area contributed by atoms with Crippen LogP contribution in [0.4, 0.5) is 5.69 Å². The minimum Gasteiger partial charge on any atom is -0.483 e. The first kappa shape index (κ1) is 18.8. The van der Waals surface area contributed by atoms with Gasteiger partial charge in [0.1, 0.15) is 5.75 Å². The third-order valence-electron chi connectivity index (χ3n) is 3.44. The van der Waals surface area contributed by atoms with Gasteiger partial charge in [-0.1, -0.05) is 29.3 Å². The number of ether oxygens (including phenoxy) is 2. The van der Waals surface area contributed by atoms with Crippen LogP contribution in [0.25, 0.3) is 0 Å². The fourth-order valence-electron chi connectivity index (χ4n) is 2.27. The van der Waals surface area contributed by atoms with Gasteiger partial charge in [0.05, 0.1) is 17.2 Å². The van der Waals surface area contributed by atoms with E-state index < -0.39 is 5.97 Å². The van der Waals surface area contributed by atoms with Crippen molar-refractivity contribution in [2.75, 3.05) is 18.5 Å². The number of carbonyl (C=O) groups excluding carboxylic acids is 2. The summed E-state index contributed by atoms with van der Waals surface area (Å²) in [6, 6.07) is 10.4. The first-order valence-electron chi connectivity index (χ1n) is 7.87. The van der Waals surface area contributed by atoms with E-state index in [9.17, 15) is 9.59 Å². The maximum absolute atomic E-state index is 12.0. The van der Waals surface area contributed by atoms with Crippen LogP contribution in [0.2, 0.25) is 5.02 Å². The second-order valence-electron chi connectivity index (χ2n) is 5.52. The Morgan fingerprint density at radius 2 is 1.88 bits per heavy atom. The molecule has 0 atom stereocenters. The van der Waals surface area contributed by atoms with Crippen LogP contribution in [0.3, 0.4) is 0 Å². The average Bonchev–Trinajstić information content (AvgIpc) is 2.54. The van der Waals surface area contributed by atoms with E-state index in [2.05, 4.69) is 5.32 Å². The largest absolute Gasteiger partial charge is 0.483 e. The van der Waals surface area contributed by atoms with Crippen molar-refractivity contribution in [3.8, 4) is 5.75 Å². The first-order valence-corrected chi connectivity index (χ1v) is 8.25. The molecule has 5 nitrogen and oxygen atoms in total. The number of amides is 1. The third-order valence-corrected chi connectivity index (χ3v) is 3.75. The summed E-state index contributed by atoms with van der Waals surface area (Å²) in [6.45, 7) is 5.78. The Hall–Kier alpha value is -2.53. The Morgan fingerprint density at radius 3 is 2.52 bits per heavy atom. The normalized spacial score (nSPS) is 10.2. The molecule has 2 aromatic rings. The van der Waals surface area contributed by atoms with Gasteiger partial charge in [-0.3, -0.25) is 4.79 Å². The molecular formula is C19H20ClNO4. The van der Waals surface area contributed by atoms with E-state index in [0.29, 0.717) is 11.4 Å². The molecule has 2 aromatic carbocycles. The minimum atomic E-state index is -0.497. The number of benzene rings is 2. The van der Waals surface area contributed by atoms with Gasteiger partial charge in [-0.15, -0.1) is 0 Å². The number of carbonyl (C=O) groups is 2. The number of aryl methyl sites for hydroxylation is 2. The average molecular weight is 362 g/mol. The molecule has 0 heterocycles. The summed E-state index contributed by atoms with van der Waals surface area (Å²) in [4.78, 5) is 23.7. The zero-order chi connectivity index (χ0) is 18.4. The Kier molecular flexibility index (Phi) is 6.42. The maximum atomic E-state index is 12.0. The predicted molar refractivity (Wildman–Crippen MR) is 97.4 cm³/mol. The van der Waals surface area contributed by atoms with Gasteiger partial charge in [0.2, 0.25) is 0 Å². The molecular weight excluding hydrogens is 342 g/mol. The van der Waals surface area contributed by atoms with Gasteiger partial charge in [0.15, 0.2) is 6.61 Å². The van der Waals surface area contributed by atoms with Crippen molar-refractivity contribution in [2.24, 2.45) is 0 Å². The highest BCUT2D eigenvalue weighted by molar-refractivity contribution is 6.34. The molecule has 0 saturated carbocycles. The number of anilines is 1. The number of esters is 1. The fourth-order valence-corrected chi connectivity index (χ4v) is 2.53. The first-order chi connectivity index (χ1) is 11.9. The lowest BCUT2D eigenvalue weighted by Gasteiger charge is -2.11. The van der Waals surface area contributed by atoms with Crippen molar-refractivity contribution >= 4 is 29.2 Å². The molecule has 0 spiro atoms. The molecule has 1 N–H and O–H groups in total. The lowest BCUT2D eigenvalue weighted by atomic mass is 10.1. The third kappa shape index (κ3) is 5.22. The van der Waals surface area contributed by atoms with Gasteiger partial charge < -0.3 is 14.8 Å². The Balaban J connectivity index is 1.96. The van der Waals surface area contributed by atoms with Crippen LogP contribution >= 0.6 is 11.6 Å². The van der Waals surface area contributed by atoms with E-state index in [0.717, 1.165) is 11.1 Å². The number of rotatable bonds is 6. The highest BCUT2D eigenvalue weighted by atomic mass is 35.5. The molecule has 2 rings (SSSR count). The topological polar surface area (TPSA) is 64.6 Å². The molecule has 0 unspecified atom stereocenters. The summed E-state index contributed by atoms with van der Waals surface area (Å²) in [5.41, 5.74) is 2.83. The summed E-state index contributed by atoms with van der Waals surface area (Å²) in [5, 5.41) is 2.90. The Morgan fingerprint density at radius 1 is 1.12 bits per heavy atom. The number of halogens is 1. The molecule has 0 fully saturated rings. The SMILES string of the molecule is CCOC(=O)c1ccc(NC(=O)COc2ccc(C)cc2C)cc1Cl. The zero-order valence-corrected chi connectivity index (χ0v) is 15.1. The summed E-state index contributed by atoms with van der Waals surface area (Å²) in [7, 11) is 0. The maximum Gasteiger partial charge on any atom is 0.339 e. The predicted octanol–water partition coefficient (Wildman–Crippen LogP) is 4.15. The summed E-state index contributed by atoms with van der Waals surface area (Å²) in [6.07, 6.45) is 0. The van der Waals surface area contributed by atoms with Crippen LogP contribution in [-0.4, -0.2) is 25.1 Å². The number of hydrogen-bond acceptors (Lipinski definition) is 4. The molecule has 132 valence electrons. The molecule has 0 aliphatic heterocycles. The molecule has 0 aromatic heterocycles. The molecule has 6 heteroatoms. The van der Waals surface area contributed by atoms with E-state index in [1.165, 1.54) is 12.1 Å².